The molecule has 2 amide bonds. The van der Waals surface area contributed by atoms with Crippen LogP contribution in [-0.2, 0) is 9.59 Å². The number of hydrogen-bond acceptors (Lipinski definition) is 2. The lowest BCUT2D eigenvalue weighted by Crippen LogP contribution is -2.32. The summed E-state index contributed by atoms with van der Waals surface area (Å²) in [6, 6.07) is 2.81. The largest absolute Gasteiger partial charge is 0.347 e. The SMILES string of the molecule is CCC(=O)NCC(=O)Nc1ccc(F)cc1F. The molecule has 1 aromatic carbocycles. The van der Waals surface area contributed by atoms with Gasteiger partial charge in [-0.25, -0.2) is 8.78 Å². The van der Waals surface area contributed by atoms with Crippen LogP contribution in [0.2, 0.25) is 0 Å². The highest BCUT2D eigenvalue weighted by Crippen LogP contribution is 2.14. The van der Waals surface area contributed by atoms with E-state index in [1.165, 1.54) is 0 Å². The summed E-state index contributed by atoms with van der Waals surface area (Å²) >= 11 is 0. The van der Waals surface area contributed by atoms with Gasteiger partial charge in [0.25, 0.3) is 0 Å². The fourth-order valence-corrected chi connectivity index (χ4v) is 1.09. The second-order valence-electron chi connectivity index (χ2n) is 3.30. The third kappa shape index (κ3) is 4.18. The van der Waals surface area contributed by atoms with Crippen LogP contribution in [0, 0.1) is 11.6 Å². The summed E-state index contributed by atoms with van der Waals surface area (Å²) in [6.07, 6.45) is 0.262. The van der Waals surface area contributed by atoms with Crippen molar-refractivity contribution in [2.24, 2.45) is 0 Å². The van der Waals surface area contributed by atoms with Gasteiger partial charge in [0.2, 0.25) is 11.8 Å². The van der Waals surface area contributed by atoms with Gasteiger partial charge in [0.1, 0.15) is 11.6 Å². The highest BCUT2D eigenvalue weighted by molar-refractivity contribution is 5.94. The molecule has 4 nitrogen and oxygen atoms in total. The zero-order valence-corrected chi connectivity index (χ0v) is 9.22. The number of benzene rings is 1. The van der Waals surface area contributed by atoms with Gasteiger partial charge >= 0.3 is 0 Å². The number of hydrogen-bond donors (Lipinski definition) is 2. The molecule has 0 aliphatic heterocycles. The van der Waals surface area contributed by atoms with Gasteiger partial charge in [-0.1, -0.05) is 6.92 Å². The molecule has 0 saturated carbocycles. The first kappa shape index (κ1) is 13.1. The van der Waals surface area contributed by atoms with Crippen molar-refractivity contribution in [3.05, 3.63) is 29.8 Å². The van der Waals surface area contributed by atoms with Crippen LogP contribution in [0.15, 0.2) is 18.2 Å². The van der Waals surface area contributed by atoms with Crippen LogP contribution < -0.4 is 10.6 Å². The van der Waals surface area contributed by atoms with Crippen molar-refractivity contribution < 1.29 is 18.4 Å². The third-order valence-corrected chi connectivity index (χ3v) is 1.97. The second kappa shape index (κ2) is 5.93. The molecule has 17 heavy (non-hydrogen) atoms. The Labute approximate surface area is 97.0 Å². The van der Waals surface area contributed by atoms with E-state index in [0.717, 1.165) is 12.1 Å². The number of rotatable bonds is 4. The Bertz CT molecular complexity index is 435. The normalized spacial score (nSPS) is 9.82. The number of amides is 2. The zero-order chi connectivity index (χ0) is 12.8. The molecule has 92 valence electrons. The zero-order valence-electron chi connectivity index (χ0n) is 9.22. The number of halogens is 2. The minimum atomic E-state index is -0.861. The minimum Gasteiger partial charge on any atom is -0.347 e. The quantitative estimate of drug-likeness (QED) is 0.839. The second-order valence-corrected chi connectivity index (χ2v) is 3.30. The molecule has 0 spiro atoms. The van der Waals surface area contributed by atoms with E-state index >= 15 is 0 Å². The van der Waals surface area contributed by atoms with Crippen LogP contribution in [0.25, 0.3) is 0 Å². The number of nitrogens with one attached hydrogen (secondary N) is 2. The molecule has 2 N–H and O–H groups in total. The molecule has 0 aliphatic rings. The van der Waals surface area contributed by atoms with Crippen LogP contribution in [0.1, 0.15) is 13.3 Å². The molecule has 0 aliphatic carbocycles. The fourth-order valence-electron chi connectivity index (χ4n) is 1.09. The maximum absolute atomic E-state index is 13.1. The number of anilines is 1. The van der Waals surface area contributed by atoms with Gasteiger partial charge in [0, 0.05) is 12.5 Å². The first-order valence-corrected chi connectivity index (χ1v) is 5.04. The van der Waals surface area contributed by atoms with Crippen molar-refractivity contribution in [2.75, 3.05) is 11.9 Å². The van der Waals surface area contributed by atoms with Crippen LogP contribution in [0.4, 0.5) is 14.5 Å². The molecular weight excluding hydrogens is 230 g/mol. The highest BCUT2D eigenvalue weighted by atomic mass is 19.1. The Hall–Kier alpha value is -1.98. The molecule has 0 radical (unpaired) electrons. The van der Waals surface area contributed by atoms with Gasteiger partial charge in [0.05, 0.1) is 12.2 Å². The Balaban J connectivity index is 2.53. The average molecular weight is 242 g/mol. The lowest BCUT2D eigenvalue weighted by molar-refractivity contribution is -0.123. The first-order chi connectivity index (χ1) is 8.02. The van der Waals surface area contributed by atoms with Crippen molar-refractivity contribution in [3.8, 4) is 0 Å². The maximum atomic E-state index is 13.1. The summed E-state index contributed by atoms with van der Waals surface area (Å²) in [5.74, 6) is -2.43. The average Bonchev–Trinajstić information content (AvgIpc) is 2.29. The minimum absolute atomic E-state index is 0.123. The van der Waals surface area contributed by atoms with Crippen LogP contribution in [0.5, 0.6) is 0 Å². The predicted octanol–water partition coefficient (Wildman–Crippen LogP) is 1.43. The molecule has 0 atom stereocenters. The van der Waals surface area contributed by atoms with Crippen LogP contribution in [0.3, 0.4) is 0 Å². The number of carbonyl (C=O) groups excluding carboxylic acids is 2. The highest BCUT2D eigenvalue weighted by Gasteiger charge is 2.08. The van der Waals surface area contributed by atoms with Gasteiger partial charge in [-0.3, -0.25) is 9.59 Å². The predicted molar refractivity (Wildman–Crippen MR) is 58.3 cm³/mol. The fraction of sp³-hybridized carbons (Fsp3) is 0.273. The van der Waals surface area contributed by atoms with Crippen molar-refractivity contribution >= 4 is 17.5 Å². The van der Waals surface area contributed by atoms with E-state index in [0.29, 0.717) is 6.07 Å². The van der Waals surface area contributed by atoms with E-state index in [1.54, 1.807) is 6.92 Å². The summed E-state index contributed by atoms with van der Waals surface area (Å²) in [5, 5.41) is 4.56. The van der Waals surface area contributed by atoms with E-state index in [9.17, 15) is 18.4 Å². The van der Waals surface area contributed by atoms with E-state index in [-0.39, 0.29) is 24.6 Å². The molecule has 0 unspecified atom stereocenters. The molecule has 0 saturated heterocycles. The molecule has 6 heteroatoms. The Morgan fingerprint density at radius 1 is 1.24 bits per heavy atom. The smallest absolute Gasteiger partial charge is 0.243 e. The monoisotopic (exact) mass is 242 g/mol. The Morgan fingerprint density at radius 3 is 2.53 bits per heavy atom. The molecule has 0 fully saturated rings. The van der Waals surface area contributed by atoms with Crippen molar-refractivity contribution in [1.82, 2.24) is 5.32 Å². The summed E-state index contributed by atoms with van der Waals surface area (Å²) in [4.78, 5) is 22.1. The lowest BCUT2D eigenvalue weighted by Gasteiger charge is -2.07. The first-order valence-electron chi connectivity index (χ1n) is 5.04. The summed E-state index contributed by atoms with van der Waals surface area (Å²) in [5.41, 5.74) is -0.123. The standard InChI is InChI=1S/C11H12F2N2O2/c1-2-10(16)14-6-11(17)15-9-4-3-7(12)5-8(9)13/h3-5H,2,6H2,1H3,(H,14,16)(H,15,17). The topological polar surface area (TPSA) is 58.2 Å². The van der Waals surface area contributed by atoms with Crippen LogP contribution >= 0.6 is 0 Å². The van der Waals surface area contributed by atoms with Crippen molar-refractivity contribution in [3.63, 3.8) is 0 Å². The Morgan fingerprint density at radius 2 is 1.94 bits per heavy atom. The van der Waals surface area contributed by atoms with Gasteiger partial charge in [-0.05, 0) is 12.1 Å². The molecule has 0 heterocycles. The summed E-state index contributed by atoms with van der Waals surface area (Å²) in [7, 11) is 0. The Kier molecular flexibility index (Phi) is 4.56. The summed E-state index contributed by atoms with van der Waals surface area (Å²) in [6.45, 7) is 1.40. The summed E-state index contributed by atoms with van der Waals surface area (Å²) < 4.78 is 25.7. The molecule has 1 rings (SSSR count). The van der Waals surface area contributed by atoms with Gasteiger partial charge in [-0.2, -0.15) is 0 Å². The maximum Gasteiger partial charge on any atom is 0.243 e. The molecule has 1 aromatic rings. The van der Waals surface area contributed by atoms with Crippen LogP contribution in [-0.4, -0.2) is 18.4 Å². The van der Waals surface area contributed by atoms with Gasteiger partial charge in [0.15, 0.2) is 0 Å². The van der Waals surface area contributed by atoms with Gasteiger partial charge < -0.3 is 10.6 Å². The third-order valence-electron chi connectivity index (χ3n) is 1.97. The van der Waals surface area contributed by atoms with Crippen molar-refractivity contribution in [2.45, 2.75) is 13.3 Å². The molecular formula is C11H12F2N2O2. The van der Waals surface area contributed by atoms with E-state index in [4.69, 9.17) is 0 Å². The number of carbonyl (C=O) groups is 2. The van der Waals surface area contributed by atoms with Gasteiger partial charge in [-0.15, -0.1) is 0 Å². The molecule has 0 aromatic heterocycles. The van der Waals surface area contributed by atoms with E-state index in [1.807, 2.05) is 0 Å². The molecule has 0 bridgehead atoms. The van der Waals surface area contributed by atoms with E-state index in [2.05, 4.69) is 10.6 Å². The lowest BCUT2D eigenvalue weighted by atomic mass is 10.3. The van der Waals surface area contributed by atoms with Crippen molar-refractivity contribution in [1.29, 1.82) is 0 Å². The van der Waals surface area contributed by atoms with E-state index < -0.39 is 17.5 Å².